The lowest BCUT2D eigenvalue weighted by atomic mass is 10.1. The van der Waals surface area contributed by atoms with Gasteiger partial charge in [0.1, 0.15) is 11.6 Å². The van der Waals surface area contributed by atoms with Crippen molar-refractivity contribution in [2.75, 3.05) is 12.3 Å². The molecule has 2 N–H and O–H groups in total. The van der Waals surface area contributed by atoms with Crippen LogP contribution in [-0.2, 0) is 12.8 Å². The van der Waals surface area contributed by atoms with Gasteiger partial charge in [-0.1, -0.05) is 12.1 Å². The number of aromatic nitrogens is 2. The van der Waals surface area contributed by atoms with E-state index in [-0.39, 0.29) is 0 Å². The number of aryl methyl sites for hydroxylation is 2. The highest BCUT2D eigenvalue weighted by Gasteiger charge is 1.99. The van der Waals surface area contributed by atoms with Crippen molar-refractivity contribution in [3.8, 4) is 5.75 Å². The maximum atomic E-state index is 5.54. The first kappa shape index (κ1) is 12.4. The van der Waals surface area contributed by atoms with E-state index in [1.807, 2.05) is 19.1 Å². The summed E-state index contributed by atoms with van der Waals surface area (Å²) in [6.07, 6.45) is 5.01. The van der Waals surface area contributed by atoms with E-state index in [1.54, 1.807) is 12.4 Å². The van der Waals surface area contributed by atoms with Gasteiger partial charge >= 0.3 is 0 Å². The Morgan fingerprint density at radius 2 is 1.72 bits per heavy atom. The zero-order valence-corrected chi connectivity index (χ0v) is 10.5. The van der Waals surface area contributed by atoms with Gasteiger partial charge in [0.15, 0.2) is 0 Å². The summed E-state index contributed by atoms with van der Waals surface area (Å²) in [5.41, 5.74) is 7.39. The lowest BCUT2D eigenvalue weighted by molar-refractivity contribution is 0.340. The molecule has 18 heavy (non-hydrogen) atoms. The van der Waals surface area contributed by atoms with Crippen molar-refractivity contribution in [1.29, 1.82) is 0 Å². The molecule has 0 fully saturated rings. The van der Waals surface area contributed by atoms with Crippen molar-refractivity contribution in [3.05, 3.63) is 48.0 Å². The fourth-order valence-corrected chi connectivity index (χ4v) is 1.67. The molecular weight excluding hydrogens is 226 g/mol. The maximum absolute atomic E-state index is 5.54. The van der Waals surface area contributed by atoms with Crippen LogP contribution < -0.4 is 10.5 Å². The van der Waals surface area contributed by atoms with Gasteiger partial charge in [0.2, 0.25) is 0 Å². The smallest absolute Gasteiger partial charge is 0.128 e. The van der Waals surface area contributed by atoms with E-state index in [1.165, 1.54) is 5.56 Å². The van der Waals surface area contributed by atoms with Gasteiger partial charge < -0.3 is 10.5 Å². The van der Waals surface area contributed by atoms with Gasteiger partial charge in [-0.2, -0.15) is 0 Å². The second kappa shape index (κ2) is 6.00. The molecular formula is C14H17N3O. The van der Waals surface area contributed by atoms with Crippen LogP contribution in [0.2, 0.25) is 0 Å². The number of nitrogen functional groups attached to an aromatic ring is 1. The number of benzene rings is 1. The van der Waals surface area contributed by atoms with E-state index in [2.05, 4.69) is 22.1 Å². The summed E-state index contributed by atoms with van der Waals surface area (Å²) in [6, 6.07) is 8.12. The first-order valence-electron chi connectivity index (χ1n) is 6.06. The van der Waals surface area contributed by atoms with Crippen molar-refractivity contribution < 1.29 is 4.74 Å². The standard InChI is InChI=1S/C14H17N3O/c1-2-18-13-6-3-11(4-7-13)5-8-14-16-9-12(15)10-17-14/h3-4,6-7,9-10H,2,5,8,15H2,1H3. The van der Waals surface area contributed by atoms with Crippen LogP contribution in [0, 0.1) is 0 Å². The number of rotatable bonds is 5. The molecule has 1 aromatic heterocycles. The first-order valence-corrected chi connectivity index (χ1v) is 6.06. The summed E-state index contributed by atoms with van der Waals surface area (Å²) >= 11 is 0. The zero-order chi connectivity index (χ0) is 12.8. The number of nitrogens with zero attached hydrogens (tertiary/aromatic N) is 2. The highest BCUT2D eigenvalue weighted by molar-refractivity contribution is 5.30. The molecule has 0 saturated carbocycles. The molecule has 0 unspecified atom stereocenters. The number of hydrogen-bond donors (Lipinski definition) is 1. The average molecular weight is 243 g/mol. The van der Waals surface area contributed by atoms with Gasteiger partial charge in [0.05, 0.1) is 24.7 Å². The third-order valence-corrected chi connectivity index (χ3v) is 2.60. The van der Waals surface area contributed by atoms with Gasteiger partial charge in [-0.3, -0.25) is 0 Å². The molecule has 4 nitrogen and oxygen atoms in total. The Hall–Kier alpha value is -2.10. The van der Waals surface area contributed by atoms with Gasteiger partial charge in [0, 0.05) is 6.42 Å². The third-order valence-electron chi connectivity index (χ3n) is 2.60. The van der Waals surface area contributed by atoms with Crippen LogP contribution in [0.4, 0.5) is 5.69 Å². The predicted molar refractivity (Wildman–Crippen MR) is 71.5 cm³/mol. The molecule has 0 aliphatic carbocycles. The van der Waals surface area contributed by atoms with E-state index in [0.29, 0.717) is 12.3 Å². The molecule has 0 aliphatic rings. The molecule has 0 bridgehead atoms. The molecule has 2 rings (SSSR count). The van der Waals surface area contributed by atoms with E-state index >= 15 is 0 Å². The topological polar surface area (TPSA) is 61.0 Å². The van der Waals surface area contributed by atoms with E-state index in [9.17, 15) is 0 Å². The largest absolute Gasteiger partial charge is 0.494 e. The van der Waals surface area contributed by atoms with Gasteiger partial charge in [0.25, 0.3) is 0 Å². The summed E-state index contributed by atoms with van der Waals surface area (Å²) in [5.74, 6) is 1.73. The molecule has 2 aromatic rings. The SMILES string of the molecule is CCOc1ccc(CCc2ncc(N)cn2)cc1. The summed E-state index contributed by atoms with van der Waals surface area (Å²) in [5, 5.41) is 0. The molecule has 0 amide bonds. The van der Waals surface area contributed by atoms with E-state index < -0.39 is 0 Å². The van der Waals surface area contributed by atoms with Crippen LogP contribution in [0.25, 0.3) is 0 Å². The molecule has 0 saturated heterocycles. The lowest BCUT2D eigenvalue weighted by Gasteiger charge is -2.04. The summed E-state index contributed by atoms with van der Waals surface area (Å²) in [7, 11) is 0. The number of hydrogen-bond acceptors (Lipinski definition) is 4. The molecule has 1 heterocycles. The highest BCUT2D eigenvalue weighted by Crippen LogP contribution is 2.13. The molecule has 94 valence electrons. The van der Waals surface area contributed by atoms with Crippen LogP contribution in [0.5, 0.6) is 5.75 Å². The molecule has 4 heteroatoms. The number of anilines is 1. The summed E-state index contributed by atoms with van der Waals surface area (Å²) in [4.78, 5) is 8.36. The minimum atomic E-state index is 0.597. The normalized spacial score (nSPS) is 10.3. The van der Waals surface area contributed by atoms with Crippen molar-refractivity contribution in [2.24, 2.45) is 0 Å². The van der Waals surface area contributed by atoms with Gasteiger partial charge in [-0.25, -0.2) is 9.97 Å². The minimum absolute atomic E-state index is 0.597. The highest BCUT2D eigenvalue weighted by atomic mass is 16.5. The number of nitrogens with two attached hydrogens (primary N) is 1. The molecule has 0 spiro atoms. The van der Waals surface area contributed by atoms with Crippen LogP contribution in [0.1, 0.15) is 18.3 Å². The van der Waals surface area contributed by atoms with Gasteiger partial charge in [-0.15, -0.1) is 0 Å². The summed E-state index contributed by atoms with van der Waals surface area (Å²) in [6.45, 7) is 2.67. The Bertz CT molecular complexity index is 479. The Kier molecular flexibility index (Phi) is 4.12. The zero-order valence-electron chi connectivity index (χ0n) is 10.5. The van der Waals surface area contributed by atoms with E-state index in [4.69, 9.17) is 10.5 Å². The quantitative estimate of drug-likeness (QED) is 0.874. The Morgan fingerprint density at radius 3 is 2.33 bits per heavy atom. The monoisotopic (exact) mass is 243 g/mol. The van der Waals surface area contributed by atoms with E-state index in [0.717, 1.165) is 24.4 Å². The average Bonchev–Trinajstić information content (AvgIpc) is 2.40. The molecule has 0 aliphatic heterocycles. The fraction of sp³-hybridized carbons (Fsp3) is 0.286. The Balaban J connectivity index is 1.91. The van der Waals surface area contributed by atoms with Crippen LogP contribution in [0.3, 0.4) is 0 Å². The first-order chi connectivity index (χ1) is 8.78. The molecule has 1 aromatic carbocycles. The Morgan fingerprint density at radius 1 is 1.06 bits per heavy atom. The fourth-order valence-electron chi connectivity index (χ4n) is 1.67. The van der Waals surface area contributed by atoms with Gasteiger partial charge in [-0.05, 0) is 31.0 Å². The van der Waals surface area contributed by atoms with Crippen molar-refractivity contribution >= 4 is 5.69 Å². The van der Waals surface area contributed by atoms with Crippen molar-refractivity contribution in [3.63, 3.8) is 0 Å². The van der Waals surface area contributed by atoms with Crippen molar-refractivity contribution in [2.45, 2.75) is 19.8 Å². The predicted octanol–water partition coefficient (Wildman–Crippen LogP) is 2.24. The van der Waals surface area contributed by atoms with Crippen molar-refractivity contribution in [1.82, 2.24) is 9.97 Å². The molecule has 0 radical (unpaired) electrons. The van der Waals surface area contributed by atoms with Crippen LogP contribution in [0.15, 0.2) is 36.7 Å². The minimum Gasteiger partial charge on any atom is -0.494 e. The second-order valence-electron chi connectivity index (χ2n) is 4.01. The Labute approximate surface area is 107 Å². The molecule has 0 atom stereocenters. The lowest BCUT2D eigenvalue weighted by Crippen LogP contribution is -1.99. The number of ether oxygens (including phenoxy) is 1. The maximum Gasteiger partial charge on any atom is 0.128 e. The van der Waals surface area contributed by atoms with Crippen LogP contribution >= 0.6 is 0 Å². The second-order valence-corrected chi connectivity index (χ2v) is 4.01. The van der Waals surface area contributed by atoms with Crippen LogP contribution in [-0.4, -0.2) is 16.6 Å². The summed E-state index contributed by atoms with van der Waals surface area (Å²) < 4.78 is 5.40. The third kappa shape index (κ3) is 3.45.